The van der Waals surface area contributed by atoms with E-state index in [0.29, 0.717) is 12.2 Å². The smallest absolute Gasteiger partial charge is 0.326 e. The summed E-state index contributed by atoms with van der Waals surface area (Å²) in [6.07, 6.45) is 2.93. The van der Waals surface area contributed by atoms with E-state index < -0.39 is 12.0 Å². The van der Waals surface area contributed by atoms with E-state index in [2.05, 4.69) is 29.4 Å². The lowest BCUT2D eigenvalue weighted by Crippen LogP contribution is -2.43. The number of carboxylic acids is 1. The van der Waals surface area contributed by atoms with Crippen LogP contribution in [0, 0.1) is 6.92 Å². The van der Waals surface area contributed by atoms with Crippen LogP contribution in [0.3, 0.4) is 0 Å². The largest absolute Gasteiger partial charge is 0.480 e. The highest BCUT2D eigenvalue weighted by atomic mass is 16.4. The number of benzene rings is 2. The Balaban J connectivity index is 1.67. The molecule has 160 valence electrons. The van der Waals surface area contributed by atoms with E-state index in [1.54, 1.807) is 0 Å². The summed E-state index contributed by atoms with van der Waals surface area (Å²) in [6.45, 7) is 6.64. The summed E-state index contributed by atoms with van der Waals surface area (Å²) >= 11 is 0. The second-order valence-corrected chi connectivity index (χ2v) is 7.85. The molecule has 2 aromatic carbocycles. The highest BCUT2D eigenvalue weighted by Gasteiger charge is 2.26. The van der Waals surface area contributed by atoms with Gasteiger partial charge >= 0.3 is 5.97 Å². The van der Waals surface area contributed by atoms with Crippen LogP contribution in [0.1, 0.15) is 41.0 Å². The topological polar surface area (TPSA) is 87.1 Å². The van der Waals surface area contributed by atoms with Gasteiger partial charge in [-0.2, -0.15) is 0 Å². The number of hydrogen-bond acceptors (Lipinski definition) is 2. The first-order valence-electron chi connectivity index (χ1n) is 10.6. The van der Waals surface area contributed by atoms with Gasteiger partial charge in [-0.25, -0.2) is 4.79 Å². The van der Waals surface area contributed by atoms with Crippen molar-refractivity contribution in [3.63, 3.8) is 0 Å². The van der Waals surface area contributed by atoms with Crippen LogP contribution in [0.25, 0.3) is 21.8 Å². The number of fused-ring (bicyclic) bond motifs is 2. The first-order chi connectivity index (χ1) is 14.9. The molecule has 31 heavy (non-hydrogen) atoms. The van der Waals surface area contributed by atoms with E-state index in [9.17, 15) is 14.7 Å². The van der Waals surface area contributed by atoms with Gasteiger partial charge in [-0.3, -0.25) is 4.79 Å². The lowest BCUT2D eigenvalue weighted by Gasteiger charge is -2.16. The Labute approximate surface area is 180 Å². The predicted octanol–water partition coefficient (Wildman–Crippen LogP) is 4.44. The average molecular weight is 418 g/mol. The van der Waals surface area contributed by atoms with E-state index in [-0.39, 0.29) is 12.3 Å². The molecule has 0 aliphatic heterocycles. The Morgan fingerprint density at radius 3 is 2.61 bits per heavy atom. The zero-order valence-corrected chi connectivity index (χ0v) is 18.0. The molecule has 0 aliphatic rings. The highest BCUT2D eigenvalue weighted by Crippen LogP contribution is 2.27. The molecular weight excluding hydrogens is 390 g/mol. The highest BCUT2D eigenvalue weighted by molar-refractivity contribution is 6.03. The van der Waals surface area contributed by atoms with Gasteiger partial charge in [0.25, 0.3) is 5.91 Å². The van der Waals surface area contributed by atoms with Gasteiger partial charge in [0.15, 0.2) is 0 Å². The van der Waals surface area contributed by atoms with Crippen molar-refractivity contribution >= 4 is 33.7 Å². The summed E-state index contributed by atoms with van der Waals surface area (Å²) in [7, 11) is 0. The minimum Gasteiger partial charge on any atom is -0.480 e. The number of aryl methyl sites for hydroxylation is 3. The third-order valence-corrected chi connectivity index (χ3v) is 6.02. The van der Waals surface area contributed by atoms with Crippen LogP contribution in [0.5, 0.6) is 0 Å². The lowest BCUT2D eigenvalue weighted by molar-refractivity contribution is -0.139. The number of nitrogens with zero attached hydrogens (tertiary/aromatic N) is 1. The molecule has 1 amide bonds. The predicted molar refractivity (Wildman–Crippen MR) is 123 cm³/mol. The zero-order chi connectivity index (χ0) is 22.1. The van der Waals surface area contributed by atoms with Crippen LogP contribution in [-0.2, 0) is 24.2 Å². The number of amides is 1. The number of carbonyl (C=O) groups is 2. The second kappa shape index (κ2) is 8.30. The van der Waals surface area contributed by atoms with Crippen LogP contribution in [-0.4, -0.2) is 32.6 Å². The number of rotatable bonds is 7. The van der Waals surface area contributed by atoms with Gasteiger partial charge in [0.1, 0.15) is 11.7 Å². The standard InChI is InChI=1S/C25H27N3O3/c1-4-16-10-11-22-19(12-16)15(3)23(28(22)5-2)24(29)27-21(25(30)31)13-17-14-26-20-9-7-6-8-18(17)20/h6-12,14,21,26H,4-5,13H2,1-3H3,(H,27,29)(H,30,31). The van der Waals surface area contributed by atoms with Gasteiger partial charge in [-0.05, 0) is 55.2 Å². The molecule has 0 radical (unpaired) electrons. The van der Waals surface area contributed by atoms with Crippen molar-refractivity contribution in [1.82, 2.24) is 14.9 Å². The van der Waals surface area contributed by atoms with Gasteiger partial charge in [-0.1, -0.05) is 31.2 Å². The minimum absolute atomic E-state index is 0.205. The van der Waals surface area contributed by atoms with Crippen molar-refractivity contribution < 1.29 is 14.7 Å². The van der Waals surface area contributed by atoms with Crippen LogP contribution < -0.4 is 5.32 Å². The maximum Gasteiger partial charge on any atom is 0.326 e. The summed E-state index contributed by atoms with van der Waals surface area (Å²) in [5.74, 6) is -1.41. The summed E-state index contributed by atoms with van der Waals surface area (Å²) < 4.78 is 1.96. The summed E-state index contributed by atoms with van der Waals surface area (Å²) in [5, 5.41) is 14.6. The number of nitrogens with one attached hydrogen (secondary N) is 2. The molecule has 2 aromatic heterocycles. The van der Waals surface area contributed by atoms with Crippen molar-refractivity contribution in [1.29, 1.82) is 0 Å². The number of aromatic amines is 1. The fraction of sp³-hybridized carbons (Fsp3) is 0.280. The Morgan fingerprint density at radius 1 is 1.13 bits per heavy atom. The van der Waals surface area contributed by atoms with E-state index in [1.807, 2.05) is 54.9 Å². The molecule has 0 spiro atoms. The molecule has 0 aliphatic carbocycles. The van der Waals surface area contributed by atoms with Gasteiger partial charge in [0, 0.05) is 41.0 Å². The number of H-pyrrole nitrogens is 1. The molecule has 0 fully saturated rings. The first kappa shape index (κ1) is 20.7. The molecule has 0 bridgehead atoms. The number of para-hydroxylation sites is 1. The van der Waals surface area contributed by atoms with Crippen molar-refractivity contribution in [3.05, 3.63) is 71.0 Å². The molecule has 1 atom stereocenters. The SMILES string of the molecule is CCc1ccc2c(c1)c(C)c(C(=O)NC(Cc1c[nH]c3ccccc13)C(=O)O)n2CC. The van der Waals surface area contributed by atoms with Crippen LogP contribution in [0.2, 0.25) is 0 Å². The Morgan fingerprint density at radius 2 is 1.90 bits per heavy atom. The number of carbonyl (C=O) groups excluding carboxylic acids is 1. The quantitative estimate of drug-likeness (QED) is 0.415. The molecule has 0 saturated carbocycles. The molecule has 3 N–H and O–H groups in total. The fourth-order valence-corrected chi connectivity index (χ4v) is 4.36. The van der Waals surface area contributed by atoms with Crippen molar-refractivity contribution in [3.8, 4) is 0 Å². The molecule has 2 heterocycles. The fourth-order valence-electron chi connectivity index (χ4n) is 4.36. The van der Waals surface area contributed by atoms with Crippen molar-refractivity contribution in [2.75, 3.05) is 0 Å². The van der Waals surface area contributed by atoms with Gasteiger partial charge < -0.3 is 20.0 Å². The van der Waals surface area contributed by atoms with E-state index in [0.717, 1.165) is 39.4 Å². The summed E-state index contributed by atoms with van der Waals surface area (Å²) in [5.41, 5.74) is 5.41. The van der Waals surface area contributed by atoms with Crippen molar-refractivity contribution in [2.24, 2.45) is 0 Å². The summed E-state index contributed by atoms with van der Waals surface area (Å²) in [4.78, 5) is 28.4. The zero-order valence-electron chi connectivity index (χ0n) is 18.0. The van der Waals surface area contributed by atoms with Crippen molar-refractivity contribution in [2.45, 2.75) is 46.2 Å². The molecule has 6 nitrogen and oxygen atoms in total. The van der Waals surface area contributed by atoms with Crippen LogP contribution in [0.15, 0.2) is 48.7 Å². The number of aromatic nitrogens is 2. The lowest BCUT2D eigenvalue weighted by atomic mass is 10.0. The molecular formula is C25H27N3O3. The second-order valence-electron chi connectivity index (χ2n) is 7.85. The molecule has 1 unspecified atom stereocenters. The first-order valence-corrected chi connectivity index (χ1v) is 10.6. The molecule has 4 aromatic rings. The Kier molecular flexibility index (Phi) is 5.55. The third-order valence-electron chi connectivity index (χ3n) is 6.02. The Bertz CT molecular complexity index is 1280. The average Bonchev–Trinajstić information content (AvgIpc) is 3.31. The van der Waals surface area contributed by atoms with Crippen LogP contribution >= 0.6 is 0 Å². The normalized spacial score (nSPS) is 12.4. The maximum atomic E-state index is 13.3. The van der Waals surface area contributed by atoms with Crippen LogP contribution in [0.4, 0.5) is 0 Å². The van der Waals surface area contributed by atoms with Gasteiger partial charge in [-0.15, -0.1) is 0 Å². The van der Waals surface area contributed by atoms with E-state index in [4.69, 9.17) is 0 Å². The molecule has 6 heteroatoms. The summed E-state index contributed by atoms with van der Waals surface area (Å²) in [6, 6.07) is 13.0. The Hall–Kier alpha value is -3.54. The number of aliphatic carboxylic acids is 1. The monoisotopic (exact) mass is 417 g/mol. The minimum atomic E-state index is -1.05. The molecule has 0 saturated heterocycles. The third kappa shape index (κ3) is 3.69. The van der Waals surface area contributed by atoms with Gasteiger partial charge in [0.05, 0.1) is 0 Å². The molecule has 4 rings (SSSR count). The number of carboxylic acid groups (broad SMARTS) is 1. The maximum absolute atomic E-state index is 13.3. The van der Waals surface area contributed by atoms with E-state index in [1.165, 1.54) is 5.56 Å². The number of hydrogen-bond donors (Lipinski definition) is 3. The van der Waals surface area contributed by atoms with E-state index >= 15 is 0 Å². The van der Waals surface area contributed by atoms with Gasteiger partial charge in [0.2, 0.25) is 0 Å².